The van der Waals surface area contributed by atoms with Crippen molar-refractivity contribution in [1.82, 2.24) is 5.32 Å². The van der Waals surface area contributed by atoms with Gasteiger partial charge in [0, 0.05) is 6.07 Å². The molecule has 20 heavy (non-hydrogen) atoms. The number of hydrogen-bond acceptors (Lipinski definition) is 2. The highest BCUT2D eigenvalue weighted by Gasteiger charge is 2.26. The fourth-order valence-corrected chi connectivity index (χ4v) is 1.75. The minimum Gasteiger partial charge on any atom is -0.394 e. The molecule has 0 spiro atoms. The Balaban J connectivity index is 2.82. The molecule has 0 aromatic heterocycles. The lowest BCUT2D eigenvalue weighted by Crippen LogP contribution is -2.47. The van der Waals surface area contributed by atoms with E-state index in [2.05, 4.69) is 10.6 Å². The second-order valence-electron chi connectivity index (χ2n) is 5.44. The summed E-state index contributed by atoms with van der Waals surface area (Å²) in [5.41, 5.74) is -0.687. The van der Waals surface area contributed by atoms with Crippen LogP contribution in [-0.4, -0.2) is 23.8 Å². The number of benzene rings is 1. The normalized spacial score (nSPS) is 12.9. The number of aliphatic hydroxyl groups is 1. The molecule has 1 atom stereocenters. The molecule has 1 rings (SSSR count). The van der Waals surface area contributed by atoms with Crippen LogP contribution in [0, 0.1) is 17.0 Å². The molecule has 2 amide bonds. The molecule has 1 aromatic rings. The number of aliphatic hydroxyl groups excluding tert-OH is 1. The average Bonchev–Trinajstić information content (AvgIpc) is 2.29. The van der Waals surface area contributed by atoms with Crippen molar-refractivity contribution in [3.05, 3.63) is 28.8 Å². The van der Waals surface area contributed by atoms with E-state index in [1.165, 1.54) is 0 Å². The summed E-state index contributed by atoms with van der Waals surface area (Å²) >= 11 is 5.67. The van der Waals surface area contributed by atoms with Crippen LogP contribution >= 0.6 is 11.6 Å². The molecule has 0 heterocycles. The van der Waals surface area contributed by atoms with E-state index in [9.17, 15) is 18.7 Å². The summed E-state index contributed by atoms with van der Waals surface area (Å²) in [5.74, 6) is -1.80. The maximum absolute atomic E-state index is 13.5. The molecule has 0 bridgehead atoms. The molecule has 1 aromatic carbocycles. The van der Waals surface area contributed by atoms with E-state index < -0.39 is 23.7 Å². The van der Waals surface area contributed by atoms with Crippen molar-refractivity contribution in [2.75, 3.05) is 11.9 Å². The van der Waals surface area contributed by atoms with Crippen LogP contribution in [0.2, 0.25) is 5.02 Å². The molecule has 0 radical (unpaired) electrons. The number of anilines is 1. The third kappa shape index (κ3) is 4.31. The topological polar surface area (TPSA) is 61.4 Å². The van der Waals surface area contributed by atoms with Gasteiger partial charge >= 0.3 is 6.03 Å². The van der Waals surface area contributed by atoms with Crippen LogP contribution in [0.1, 0.15) is 20.8 Å². The van der Waals surface area contributed by atoms with Gasteiger partial charge in [-0.3, -0.25) is 0 Å². The van der Waals surface area contributed by atoms with Gasteiger partial charge in [-0.15, -0.1) is 0 Å². The molecule has 0 saturated heterocycles. The fourth-order valence-electron chi connectivity index (χ4n) is 1.51. The van der Waals surface area contributed by atoms with Crippen LogP contribution in [0.4, 0.5) is 19.3 Å². The van der Waals surface area contributed by atoms with Crippen molar-refractivity contribution in [3.63, 3.8) is 0 Å². The van der Waals surface area contributed by atoms with Gasteiger partial charge in [-0.1, -0.05) is 32.4 Å². The summed E-state index contributed by atoms with van der Waals surface area (Å²) in [6.45, 7) is 5.23. The van der Waals surface area contributed by atoms with Gasteiger partial charge in [-0.2, -0.15) is 0 Å². The minimum absolute atomic E-state index is 0.242. The Hall–Kier alpha value is -1.40. The van der Waals surface area contributed by atoms with Crippen molar-refractivity contribution in [1.29, 1.82) is 0 Å². The first-order chi connectivity index (χ1) is 9.15. The number of hydrogen-bond donors (Lipinski definition) is 3. The van der Waals surface area contributed by atoms with Crippen LogP contribution in [0.3, 0.4) is 0 Å². The summed E-state index contributed by atoms with van der Waals surface area (Å²) in [4.78, 5) is 11.8. The quantitative estimate of drug-likeness (QED) is 0.803. The fraction of sp³-hybridized carbons (Fsp3) is 0.462. The number of amides is 2. The van der Waals surface area contributed by atoms with Crippen molar-refractivity contribution in [2.24, 2.45) is 5.41 Å². The second kappa shape index (κ2) is 6.37. The molecule has 112 valence electrons. The van der Waals surface area contributed by atoms with Gasteiger partial charge in [0.25, 0.3) is 0 Å². The van der Waals surface area contributed by atoms with Crippen molar-refractivity contribution >= 4 is 23.3 Å². The Morgan fingerprint density at radius 1 is 1.40 bits per heavy atom. The van der Waals surface area contributed by atoms with E-state index in [0.29, 0.717) is 6.07 Å². The van der Waals surface area contributed by atoms with E-state index in [-0.39, 0.29) is 22.7 Å². The molecule has 0 aliphatic heterocycles. The number of carbonyl (C=O) groups is 1. The number of urea groups is 1. The third-order valence-electron chi connectivity index (χ3n) is 2.78. The number of nitrogens with one attached hydrogen (secondary N) is 2. The SMILES string of the molecule is CC(C)(C)[C@@H](CO)NC(=O)Nc1c(F)cc(F)cc1Cl. The van der Waals surface area contributed by atoms with E-state index in [1.807, 2.05) is 20.8 Å². The maximum atomic E-state index is 13.5. The minimum atomic E-state index is -0.971. The zero-order chi connectivity index (χ0) is 15.5. The van der Waals surface area contributed by atoms with Crippen LogP contribution in [-0.2, 0) is 0 Å². The lowest BCUT2D eigenvalue weighted by atomic mass is 9.87. The molecular formula is C13H17ClF2N2O2. The first-order valence-electron chi connectivity index (χ1n) is 5.98. The highest BCUT2D eigenvalue weighted by atomic mass is 35.5. The summed E-state index contributed by atoms with van der Waals surface area (Å²) < 4.78 is 26.4. The molecule has 3 N–H and O–H groups in total. The standard InChI is InChI=1S/C13H17ClF2N2O2/c1-13(2,3)10(6-19)17-12(20)18-11-8(14)4-7(15)5-9(11)16/h4-5,10,19H,6H2,1-3H3,(H2,17,18,20)/t10-/m1/s1. The summed E-state index contributed by atoms with van der Waals surface area (Å²) in [6, 6.07) is 0.263. The van der Waals surface area contributed by atoms with Crippen molar-refractivity contribution in [3.8, 4) is 0 Å². The first kappa shape index (κ1) is 16.7. The van der Waals surface area contributed by atoms with E-state index in [4.69, 9.17) is 11.6 Å². The Morgan fingerprint density at radius 3 is 2.45 bits per heavy atom. The molecule has 7 heteroatoms. The largest absolute Gasteiger partial charge is 0.394 e. The number of rotatable bonds is 3. The lowest BCUT2D eigenvalue weighted by Gasteiger charge is -2.29. The second-order valence-corrected chi connectivity index (χ2v) is 5.85. The summed E-state index contributed by atoms with van der Waals surface area (Å²) in [5, 5.41) is 13.7. The van der Waals surface area contributed by atoms with Crippen LogP contribution in [0.5, 0.6) is 0 Å². The summed E-state index contributed by atoms with van der Waals surface area (Å²) in [7, 11) is 0. The van der Waals surface area contributed by atoms with Crippen LogP contribution in [0.25, 0.3) is 0 Å². The van der Waals surface area contributed by atoms with Gasteiger partial charge in [-0.05, 0) is 11.5 Å². The van der Waals surface area contributed by atoms with Crippen molar-refractivity contribution < 1.29 is 18.7 Å². The average molecular weight is 307 g/mol. The van der Waals surface area contributed by atoms with E-state index in [0.717, 1.165) is 6.07 Å². The Labute approximate surface area is 121 Å². The summed E-state index contributed by atoms with van der Waals surface area (Å²) in [6.07, 6.45) is 0. The molecule has 0 saturated carbocycles. The number of carbonyl (C=O) groups excluding carboxylic acids is 1. The smallest absolute Gasteiger partial charge is 0.319 e. The highest BCUT2D eigenvalue weighted by Crippen LogP contribution is 2.26. The van der Waals surface area contributed by atoms with Gasteiger partial charge in [0.2, 0.25) is 0 Å². The molecule has 4 nitrogen and oxygen atoms in total. The molecular weight excluding hydrogens is 290 g/mol. The van der Waals surface area contributed by atoms with E-state index in [1.54, 1.807) is 0 Å². The van der Waals surface area contributed by atoms with Crippen molar-refractivity contribution in [2.45, 2.75) is 26.8 Å². The molecule has 0 aliphatic rings. The monoisotopic (exact) mass is 306 g/mol. The van der Waals surface area contributed by atoms with Gasteiger partial charge in [0.05, 0.1) is 23.4 Å². The Bertz CT molecular complexity index is 481. The van der Waals surface area contributed by atoms with Gasteiger partial charge < -0.3 is 15.7 Å². The van der Waals surface area contributed by atoms with Crippen LogP contribution in [0.15, 0.2) is 12.1 Å². The predicted molar refractivity (Wildman–Crippen MR) is 73.9 cm³/mol. The predicted octanol–water partition coefficient (Wildman–Crippen LogP) is 3.15. The molecule has 0 aliphatic carbocycles. The lowest BCUT2D eigenvalue weighted by molar-refractivity contribution is 0.162. The number of halogens is 3. The maximum Gasteiger partial charge on any atom is 0.319 e. The Morgan fingerprint density at radius 2 is 2.00 bits per heavy atom. The van der Waals surface area contributed by atoms with Gasteiger partial charge in [0.15, 0.2) is 5.82 Å². The van der Waals surface area contributed by atoms with Gasteiger partial charge in [0.1, 0.15) is 5.82 Å². The highest BCUT2D eigenvalue weighted by molar-refractivity contribution is 6.33. The first-order valence-corrected chi connectivity index (χ1v) is 6.36. The molecule has 0 fully saturated rings. The zero-order valence-electron chi connectivity index (χ0n) is 11.4. The third-order valence-corrected chi connectivity index (χ3v) is 3.08. The molecule has 0 unspecified atom stereocenters. The van der Waals surface area contributed by atoms with Crippen LogP contribution < -0.4 is 10.6 Å². The Kier molecular flexibility index (Phi) is 5.30. The van der Waals surface area contributed by atoms with E-state index >= 15 is 0 Å². The van der Waals surface area contributed by atoms with Gasteiger partial charge in [-0.25, -0.2) is 13.6 Å². The zero-order valence-corrected chi connectivity index (χ0v) is 12.2.